The summed E-state index contributed by atoms with van der Waals surface area (Å²) in [5, 5.41) is 4.97. The SMILES string of the molecule is N#Cc1ccc(C(Cl)C(C(F)(F)F)(C(F)(F)F)C(F)(F)F)cc1. The lowest BCUT2D eigenvalue weighted by Crippen LogP contribution is -2.61. The Labute approximate surface area is 128 Å². The molecule has 0 aromatic heterocycles. The van der Waals surface area contributed by atoms with E-state index in [4.69, 9.17) is 16.9 Å². The topological polar surface area (TPSA) is 23.8 Å². The number of halogens is 10. The number of hydrogen-bond donors (Lipinski definition) is 0. The first kappa shape index (κ1) is 19.4. The second kappa shape index (κ2) is 5.78. The molecule has 0 saturated carbocycles. The molecule has 0 aliphatic carbocycles. The fraction of sp³-hybridized carbons (Fsp3) is 0.417. The number of nitriles is 1. The van der Waals surface area contributed by atoms with Crippen LogP contribution in [0.15, 0.2) is 24.3 Å². The number of rotatable bonds is 2. The normalized spacial score (nSPS) is 15.2. The third-order valence-corrected chi connectivity index (χ3v) is 3.63. The van der Waals surface area contributed by atoms with Crippen LogP contribution in [0.5, 0.6) is 0 Å². The largest absolute Gasteiger partial charge is 0.413 e. The van der Waals surface area contributed by atoms with E-state index in [0.717, 1.165) is 12.1 Å². The van der Waals surface area contributed by atoms with Crippen molar-refractivity contribution >= 4 is 11.6 Å². The van der Waals surface area contributed by atoms with Crippen LogP contribution in [0.25, 0.3) is 0 Å². The van der Waals surface area contributed by atoms with Gasteiger partial charge in [-0.2, -0.15) is 44.8 Å². The van der Waals surface area contributed by atoms with E-state index in [1.807, 2.05) is 0 Å². The molecule has 23 heavy (non-hydrogen) atoms. The summed E-state index contributed by atoms with van der Waals surface area (Å²) in [4.78, 5) is 0. The zero-order valence-corrected chi connectivity index (χ0v) is 11.4. The van der Waals surface area contributed by atoms with E-state index >= 15 is 0 Å². The van der Waals surface area contributed by atoms with Gasteiger partial charge in [-0.3, -0.25) is 0 Å². The van der Waals surface area contributed by atoms with E-state index < -0.39 is 34.9 Å². The zero-order chi connectivity index (χ0) is 18.3. The summed E-state index contributed by atoms with van der Waals surface area (Å²) in [6.45, 7) is 0. The lowest BCUT2D eigenvalue weighted by atomic mass is 9.78. The van der Waals surface area contributed by atoms with Crippen LogP contribution in [0.1, 0.15) is 16.5 Å². The Morgan fingerprint density at radius 2 is 1.13 bits per heavy atom. The van der Waals surface area contributed by atoms with E-state index in [1.165, 1.54) is 6.07 Å². The van der Waals surface area contributed by atoms with E-state index in [9.17, 15) is 39.5 Å². The van der Waals surface area contributed by atoms with Gasteiger partial charge in [0.25, 0.3) is 5.41 Å². The first-order chi connectivity index (χ1) is 10.2. The van der Waals surface area contributed by atoms with Crippen LogP contribution in [0.2, 0.25) is 0 Å². The van der Waals surface area contributed by atoms with E-state index in [2.05, 4.69) is 0 Å². The summed E-state index contributed by atoms with van der Waals surface area (Å²) in [6.07, 6.45) is -20.2. The Morgan fingerprint density at radius 1 is 0.783 bits per heavy atom. The smallest absolute Gasteiger partial charge is 0.192 e. The van der Waals surface area contributed by atoms with Crippen LogP contribution in [-0.2, 0) is 0 Å². The third-order valence-electron chi connectivity index (χ3n) is 3.05. The summed E-state index contributed by atoms with van der Waals surface area (Å²) >= 11 is 5.04. The molecular formula is C12H5ClF9N. The van der Waals surface area contributed by atoms with Crippen molar-refractivity contribution < 1.29 is 39.5 Å². The van der Waals surface area contributed by atoms with Crippen molar-refractivity contribution in [2.45, 2.75) is 23.9 Å². The molecule has 0 aliphatic heterocycles. The van der Waals surface area contributed by atoms with Gasteiger partial charge in [0, 0.05) is 0 Å². The molecule has 1 aromatic rings. The standard InChI is InChI=1S/C12H5ClF9N/c13-8(7-3-1-6(5-23)2-4-7)9(10(14,15)16,11(17,18)19)12(20,21)22/h1-4,8H. The summed E-state index contributed by atoms with van der Waals surface area (Å²) < 4.78 is 116. The van der Waals surface area contributed by atoms with E-state index in [1.54, 1.807) is 0 Å². The second-order valence-electron chi connectivity index (χ2n) is 4.40. The number of benzene rings is 1. The molecule has 0 spiro atoms. The van der Waals surface area contributed by atoms with Gasteiger partial charge in [0.2, 0.25) is 0 Å². The van der Waals surface area contributed by atoms with Crippen molar-refractivity contribution in [2.24, 2.45) is 5.41 Å². The average molecular weight is 370 g/mol. The number of alkyl halides is 10. The summed E-state index contributed by atoms with van der Waals surface area (Å²) in [7, 11) is 0. The molecule has 1 nitrogen and oxygen atoms in total. The number of hydrogen-bond acceptors (Lipinski definition) is 1. The lowest BCUT2D eigenvalue weighted by molar-refractivity contribution is -0.428. The molecule has 1 aromatic carbocycles. The molecule has 1 atom stereocenters. The van der Waals surface area contributed by atoms with Gasteiger partial charge >= 0.3 is 18.5 Å². The second-order valence-corrected chi connectivity index (χ2v) is 4.83. The highest BCUT2D eigenvalue weighted by molar-refractivity contribution is 6.21. The van der Waals surface area contributed by atoms with Crippen LogP contribution in [-0.4, -0.2) is 18.5 Å². The number of nitrogens with zero attached hydrogens (tertiary/aromatic N) is 1. The monoisotopic (exact) mass is 369 g/mol. The molecule has 0 N–H and O–H groups in total. The highest BCUT2D eigenvalue weighted by Gasteiger charge is 2.86. The molecule has 0 amide bonds. The van der Waals surface area contributed by atoms with Gasteiger partial charge in [0.15, 0.2) is 0 Å². The van der Waals surface area contributed by atoms with Gasteiger partial charge in [-0.15, -0.1) is 11.6 Å². The molecule has 1 rings (SSSR count). The first-order valence-corrected chi connectivity index (χ1v) is 5.98. The van der Waals surface area contributed by atoms with Crippen LogP contribution >= 0.6 is 11.6 Å². The van der Waals surface area contributed by atoms with E-state index in [0.29, 0.717) is 12.1 Å². The summed E-state index contributed by atoms with van der Waals surface area (Å²) in [5.41, 5.74) is -7.39. The first-order valence-electron chi connectivity index (χ1n) is 5.54. The van der Waals surface area contributed by atoms with Crippen molar-refractivity contribution in [1.29, 1.82) is 5.26 Å². The summed E-state index contributed by atoms with van der Waals surface area (Å²) in [5.74, 6) is 0. The molecule has 0 radical (unpaired) electrons. The van der Waals surface area contributed by atoms with Gasteiger partial charge in [-0.05, 0) is 17.7 Å². The van der Waals surface area contributed by atoms with Crippen molar-refractivity contribution in [2.75, 3.05) is 0 Å². The maximum Gasteiger partial charge on any atom is 0.413 e. The molecule has 11 heteroatoms. The Balaban J connectivity index is 3.66. The van der Waals surface area contributed by atoms with Crippen LogP contribution < -0.4 is 0 Å². The molecule has 128 valence electrons. The molecule has 0 bridgehead atoms. The van der Waals surface area contributed by atoms with Gasteiger partial charge in [-0.25, -0.2) is 0 Å². The molecule has 0 heterocycles. The predicted octanol–water partition coefficient (Wildman–Crippen LogP) is 5.51. The van der Waals surface area contributed by atoms with Crippen LogP contribution in [0.3, 0.4) is 0 Å². The molecular weight excluding hydrogens is 365 g/mol. The van der Waals surface area contributed by atoms with E-state index in [-0.39, 0.29) is 5.56 Å². The maximum atomic E-state index is 12.9. The minimum atomic E-state index is -6.75. The van der Waals surface area contributed by atoms with Crippen molar-refractivity contribution in [3.05, 3.63) is 35.4 Å². The zero-order valence-electron chi connectivity index (χ0n) is 10.6. The van der Waals surface area contributed by atoms with Crippen molar-refractivity contribution in [3.8, 4) is 6.07 Å². The van der Waals surface area contributed by atoms with Crippen molar-refractivity contribution in [1.82, 2.24) is 0 Å². The average Bonchev–Trinajstić information content (AvgIpc) is 2.34. The molecule has 0 saturated heterocycles. The minimum absolute atomic E-state index is 0.172. The Hall–Kier alpha value is -1.63. The lowest BCUT2D eigenvalue weighted by Gasteiger charge is -2.41. The summed E-state index contributed by atoms with van der Waals surface area (Å²) in [6, 6.07) is 4.05. The molecule has 0 aliphatic rings. The Bertz CT molecular complexity index is 555. The Kier molecular flexibility index (Phi) is 4.88. The van der Waals surface area contributed by atoms with Gasteiger partial charge in [0.05, 0.1) is 17.0 Å². The predicted molar refractivity (Wildman–Crippen MR) is 60.3 cm³/mol. The quantitative estimate of drug-likeness (QED) is 0.498. The van der Waals surface area contributed by atoms with Gasteiger partial charge in [0.1, 0.15) is 0 Å². The fourth-order valence-corrected chi connectivity index (χ4v) is 2.41. The van der Waals surface area contributed by atoms with Gasteiger partial charge < -0.3 is 0 Å². The van der Waals surface area contributed by atoms with Crippen LogP contribution in [0, 0.1) is 16.7 Å². The molecule has 0 fully saturated rings. The van der Waals surface area contributed by atoms with Gasteiger partial charge in [-0.1, -0.05) is 12.1 Å². The molecule has 1 unspecified atom stereocenters. The highest BCUT2D eigenvalue weighted by Crippen LogP contribution is 2.66. The highest BCUT2D eigenvalue weighted by atomic mass is 35.5. The fourth-order valence-electron chi connectivity index (χ4n) is 1.89. The Morgan fingerprint density at radius 3 is 1.39 bits per heavy atom. The maximum absolute atomic E-state index is 12.9. The van der Waals surface area contributed by atoms with Crippen LogP contribution in [0.4, 0.5) is 39.5 Å². The van der Waals surface area contributed by atoms with Crippen molar-refractivity contribution in [3.63, 3.8) is 0 Å². The minimum Gasteiger partial charge on any atom is -0.192 e. The third kappa shape index (κ3) is 3.06.